The molecule has 0 radical (unpaired) electrons. The van der Waals surface area contributed by atoms with E-state index in [1.165, 1.54) is 30.7 Å². The number of hydrogen-bond donors (Lipinski definition) is 4. The lowest BCUT2D eigenvalue weighted by atomic mass is 10.1. The van der Waals surface area contributed by atoms with Gasteiger partial charge in [-0.2, -0.15) is 5.26 Å². The van der Waals surface area contributed by atoms with Crippen molar-refractivity contribution in [2.24, 2.45) is 0 Å². The van der Waals surface area contributed by atoms with E-state index in [4.69, 9.17) is 5.73 Å². The smallest absolute Gasteiger partial charge is 0.255 e. The van der Waals surface area contributed by atoms with Gasteiger partial charge >= 0.3 is 0 Å². The van der Waals surface area contributed by atoms with Crippen molar-refractivity contribution < 1.29 is 9.18 Å². The van der Waals surface area contributed by atoms with Crippen molar-refractivity contribution in [3.8, 4) is 17.5 Å². The SMILES string of the molecule is CC(NC(=O)c1cc(C#N)cnc1NCc1ccc(-c2nc3ncnc(N)c3[nH]2)cc1)c1ccc(F)cc1. The number of nitrogens with one attached hydrogen (secondary N) is 3. The summed E-state index contributed by atoms with van der Waals surface area (Å²) < 4.78 is 13.3. The van der Waals surface area contributed by atoms with E-state index < -0.39 is 5.91 Å². The van der Waals surface area contributed by atoms with Gasteiger partial charge in [0.15, 0.2) is 11.5 Å². The molecule has 11 heteroatoms. The Kier molecular flexibility index (Phi) is 6.61. The summed E-state index contributed by atoms with van der Waals surface area (Å²) in [4.78, 5) is 33.1. The highest BCUT2D eigenvalue weighted by Gasteiger charge is 2.17. The van der Waals surface area contributed by atoms with Crippen LogP contribution in [0.1, 0.15) is 40.0 Å². The van der Waals surface area contributed by atoms with Crippen LogP contribution in [0.15, 0.2) is 67.1 Å². The number of nitriles is 1. The number of hydrogen-bond acceptors (Lipinski definition) is 8. The molecule has 0 saturated heterocycles. The zero-order valence-corrected chi connectivity index (χ0v) is 20.2. The average molecular weight is 508 g/mol. The van der Waals surface area contributed by atoms with E-state index in [1.807, 2.05) is 30.3 Å². The first-order valence-corrected chi connectivity index (χ1v) is 11.7. The Morgan fingerprint density at radius 3 is 2.61 bits per heavy atom. The third-order valence-corrected chi connectivity index (χ3v) is 5.98. The van der Waals surface area contributed by atoms with E-state index in [0.29, 0.717) is 35.2 Å². The number of carbonyl (C=O) groups excluding carboxylic acids is 1. The lowest BCUT2D eigenvalue weighted by molar-refractivity contribution is 0.0940. The summed E-state index contributed by atoms with van der Waals surface area (Å²) in [6, 6.07) is 16.7. The summed E-state index contributed by atoms with van der Waals surface area (Å²) in [6.45, 7) is 2.18. The second-order valence-corrected chi connectivity index (χ2v) is 8.57. The van der Waals surface area contributed by atoms with Gasteiger partial charge in [0, 0.05) is 18.3 Å². The maximum absolute atomic E-state index is 13.3. The predicted octanol–water partition coefficient (Wildman–Crippen LogP) is 4.11. The van der Waals surface area contributed by atoms with Crippen molar-refractivity contribution >= 4 is 28.7 Å². The number of pyridine rings is 1. The van der Waals surface area contributed by atoms with E-state index in [0.717, 1.165) is 16.7 Å². The van der Waals surface area contributed by atoms with Crippen LogP contribution in [0.3, 0.4) is 0 Å². The highest BCUT2D eigenvalue weighted by atomic mass is 19.1. The van der Waals surface area contributed by atoms with Gasteiger partial charge in [-0.25, -0.2) is 24.3 Å². The molecule has 1 unspecified atom stereocenters. The maximum atomic E-state index is 13.3. The molecule has 2 aromatic carbocycles. The van der Waals surface area contributed by atoms with Crippen LogP contribution < -0.4 is 16.4 Å². The lowest BCUT2D eigenvalue weighted by Crippen LogP contribution is -2.28. The molecule has 10 nitrogen and oxygen atoms in total. The van der Waals surface area contributed by atoms with Gasteiger partial charge in [-0.15, -0.1) is 0 Å². The van der Waals surface area contributed by atoms with Gasteiger partial charge < -0.3 is 21.4 Å². The Bertz CT molecular complexity index is 1660. The van der Waals surface area contributed by atoms with E-state index in [-0.39, 0.29) is 23.0 Å². The van der Waals surface area contributed by atoms with Crippen LogP contribution >= 0.6 is 0 Å². The molecule has 3 aromatic heterocycles. The molecule has 0 fully saturated rings. The van der Waals surface area contributed by atoms with Gasteiger partial charge in [-0.05, 0) is 36.2 Å². The molecule has 1 atom stereocenters. The molecule has 5 aromatic rings. The minimum atomic E-state index is -0.406. The van der Waals surface area contributed by atoms with E-state index in [9.17, 15) is 14.4 Å². The summed E-state index contributed by atoms with van der Waals surface area (Å²) in [6.07, 6.45) is 2.77. The minimum Gasteiger partial charge on any atom is -0.382 e. The highest BCUT2D eigenvalue weighted by molar-refractivity contribution is 5.99. The number of rotatable bonds is 7. The van der Waals surface area contributed by atoms with Crippen LogP contribution in [-0.4, -0.2) is 30.8 Å². The number of amides is 1. The van der Waals surface area contributed by atoms with Gasteiger partial charge in [0.1, 0.15) is 35.4 Å². The molecule has 188 valence electrons. The third-order valence-electron chi connectivity index (χ3n) is 5.98. The number of nitrogens with two attached hydrogens (primary N) is 1. The van der Waals surface area contributed by atoms with Crippen LogP contribution in [0.25, 0.3) is 22.6 Å². The van der Waals surface area contributed by atoms with Crippen LogP contribution in [0, 0.1) is 17.1 Å². The number of anilines is 2. The molecule has 0 bridgehead atoms. The van der Waals surface area contributed by atoms with Crippen molar-refractivity contribution in [3.05, 3.63) is 95.2 Å². The number of imidazole rings is 1. The Morgan fingerprint density at radius 2 is 1.89 bits per heavy atom. The maximum Gasteiger partial charge on any atom is 0.255 e. The van der Waals surface area contributed by atoms with Crippen LogP contribution in [-0.2, 0) is 6.54 Å². The standard InChI is InChI=1S/C27H22FN9O/c1-15(18-6-8-20(28)9-7-18)35-27(38)21-10-17(11-29)13-32-25(21)31-12-16-2-4-19(5-3-16)24-36-22-23(30)33-14-34-26(22)37-24/h2-10,13-15H,12H2,1H3,(H,31,32)(H,35,38)(H3,30,33,34,36,37). The summed E-state index contributed by atoms with van der Waals surface area (Å²) in [5.41, 5.74) is 9.97. The quantitative estimate of drug-likeness (QED) is 0.256. The first-order chi connectivity index (χ1) is 18.4. The molecule has 38 heavy (non-hydrogen) atoms. The molecule has 5 rings (SSSR count). The Hall–Kier alpha value is -5.37. The van der Waals surface area contributed by atoms with Gasteiger partial charge in [0.05, 0.1) is 17.2 Å². The van der Waals surface area contributed by atoms with Crippen LogP contribution in [0.2, 0.25) is 0 Å². The largest absolute Gasteiger partial charge is 0.382 e. The summed E-state index contributed by atoms with van der Waals surface area (Å²) in [7, 11) is 0. The lowest BCUT2D eigenvalue weighted by Gasteiger charge is -2.16. The van der Waals surface area contributed by atoms with Gasteiger partial charge in [0.25, 0.3) is 5.91 Å². The van der Waals surface area contributed by atoms with E-state index >= 15 is 0 Å². The van der Waals surface area contributed by atoms with Crippen LogP contribution in [0.4, 0.5) is 16.0 Å². The fraction of sp³-hybridized carbons (Fsp3) is 0.111. The number of nitrogens with zero attached hydrogens (tertiary/aromatic N) is 5. The molecule has 0 spiro atoms. The summed E-state index contributed by atoms with van der Waals surface area (Å²) in [5, 5.41) is 15.4. The Labute approximate surface area is 216 Å². The molecular weight excluding hydrogens is 485 g/mol. The van der Waals surface area contributed by atoms with E-state index in [1.54, 1.807) is 19.1 Å². The van der Waals surface area contributed by atoms with Crippen molar-refractivity contribution in [1.29, 1.82) is 5.26 Å². The summed E-state index contributed by atoms with van der Waals surface area (Å²) in [5.74, 6) is 0.528. The molecule has 0 saturated carbocycles. The number of nitrogen functional groups attached to an aromatic ring is 1. The molecule has 0 aliphatic carbocycles. The Morgan fingerprint density at radius 1 is 1.13 bits per heavy atom. The van der Waals surface area contributed by atoms with E-state index in [2.05, 4.69) is 35.6 Å². The second-order valence-electron chi connectivity index (χ2n) is 8.57. The van der Waals surface area contributed by atoms with Gasteiger partial charge in [0.2, 0.25) is 0 Å². The highest BCUT2D eigenvalue weighted by Crippen LogP contribution is 2.23. The van der Waals surface area contributed by atoms with Crippen molar-refractivity contribution in [2.45, 2.75) is 19.5 Å². The number of aromatic amines is 1. The number of halogens is 1. The number of fused-ring (bicyclic) bond motifs is 1. The molecule has 0 aliphatic rings. The fourth-order valence-electron chi connectivity index (χ4n) is 3.90. The van der Waals surface area contributed by atoms with Crippen molar-refractivity contribution in [1.82, 2.24) is 30.2 Å². The van der Waals surface area contributed by atoms with Crippen molar-refractivity contribution in [3.63, 3.8) is 0 Å². The minimum absolute atomic E-state index is 0.232. The molecular formula is C27H22FN9O. The molecule has 5 N–H and O–H groups in total. The van der Waals surface area contributed by atoms with Crippen molar-refractivity contribution in [2.75, 3.05) is 11.1 Å². The normalized spacial score (nSPS) is 11.6. The topological polar surface area (TPSA) is 158 Å². The van der Waals surface area contributed by atoms with Gasteiger partial charge in [-0.1, -0.05) is 36.4 Å². The summed E-state index contributed by atoms with van der Waals surface area (Å²) >= 11 is 0. The monoisotopic (exact) mass is 507 g/mol. The van der Waals surface area contributed by atoms with Gasteiger partial charge in [-0.3, -0.25) is 4.79 Å². The fourth-order valence-corrected chi connectivity index (χ4v) is 3.90. The number of carbonyl (C=O) groups is 1. The predicted molar refractivity (Wildman–Crippen MR) is 140 cm³/mol. The second kappa shape index (κ2) is 10.3. The first kappa shape index (κ1) is 24.3. The first-order valence-electron chi connectivity index (χ1n) is 11.7. The molecule has 1 amide bonds. The molecule has 3 heterocycles. The molecule has 0 aliphatic heterocycles. The zero-order valence-electron chi connectivity index (χ0n) is 20.2. The average Bonchev–Trinajstić information content (AvgIpc) is 3.38. The number of aromatic nitrogens is 5. The number of H-pyrrole nitrogens is 1. The third kappa shape index (κ3) is 5.10. The van der Waals surface area contributed by atoms with Crippen LogP contribution in [0.5, 0.6) is 0 Å². The Balaban J connectivity index is 1.30. The number of benzene rings is 2. The zero-order chi connectivity index (χ0) is 26.6.